The molecule has 0 spiro atoms. The number of aromatic hydroxyl groups is 1. The Morgan fingerprint density at radius 3 is 2.82 bits per heavy atom. The number of phenols is 1. The predicted molar refractivity (Wildman–Crippen MR) is 63.3 cm³/mol. The van der Waals surface area contributed by atoms with Crippen LogP contribution in [0.2, 0.25) is 0 Å². The first-order valence-corrected chi connectivity index (χ1v) is 5.91. The molecule has 92 valence electrons. The summed E-state index contributed by atoms with van der Waals surface area (Å²) in [5, 5.41) is 18.6. The summed E-state index contributed by atoms with van der Waals surface area (Å²) in [6.07, 6.45) is 0.212. The maximum absolute atomic E-state index is 13.3. The van der Waals surface area contributed by atoms with Gasteiger partial charge in [0, 0.05) is 30.0 Å². The van der Waals surface area contributed by atoms with E-state index in [-0.39, 0.29) is 30.5 Å². The number of hydrogen-bond donors (Lipinski definition) is 2. The Balaban J connectivity index is 2.38. The van der Waals surface area contributed by atoms with Gasteiger partial charge in [-0.25, -0.2) is 4.39 Å². The molecule has 6 heteroatoms. The molecule has 1 aliphatic rings. The molecule has 1 aromatic carbocycles. The number of hydrogen-bond acceptors (Lipinski definition) is 3. The Kier molecular flexibility index (Phi) is 3.35. The largest absolute Gasteiger partial charge is 0.503 e. The van der Waals surface area contributed by atoms with E-state index in [4.69, 9.17) is 5.11 Å². The molecular weight excluding hydrogens is 293 g/mol. The smallest absolute Gasteiger partial charge is 0.227 e. The van der Waals surface area contributed by atoms with Crippen LogP contribution >= 0.6 is 15.9 Å². The number of anilines is 1. The van der Waals surface area contributed by atoms with Crippen molar-refractivity contribution in [2.45, 2.75) is 6.42 Å². The fourth-order valence-corrected chi connectivity index (χ4v) is 2.31. The van der Waals surface area contributed by atoms with Gasteiger partial charge < -0.3 is 15.1 Å². The molecule has 1 atom stereocenters. The zero-order valence-electron chi connectivity index (χ0n) is 8.86. The van der Waals surface area contributed by atoms with E-state index in [2.05, 4.69) is 15.9 Å². The second-order valence-corrected chi connectivity index (χ2v) is 4.93. The van der Waals surface area contributed by atoms with E-state index in [1.54, 1.807) is 0 Å². The molecule has 1 aromatic rings. The maximum atomic E-state index is 13.3. The normalized spacial score (nSPS) is 20.1. The van der Waals surface area contributed by atoms with Crippen LogP contribution in [0.25, 0.3) is 0 Å². The van der Waals surface area contributed by atoms with Gasteiger partial charge in [-0.1, -0.05) is 15.9 Å². The van der Waals surface area contributed by atoms with E-state index >= 15 is 0 Å². The average molecular weight is 304 g/mol. The van der Waals surface area contributed by atoms with Crippen LogP contribution in [0.4, 0.5) is 10.1 Å². The lowest BCUT2D eigenvalue weighted by atomic mass is 10.1. The summed E-state index contributed by atoms with van der Waals surface area (Å²) in [6, 6.07) is 2.61. The molecular formula is C11H11BrFNO3. The third-order valence-corrected chi connectivity index (χ3v) is 3.22. The van der Waals surface area contributed by atoms with E-state index in [9.17, 15) is 14.3 Å². The highest BCUT2D eigenvalue weighted by molar-refractivity contribution is 9.10. The number of phenolic OH excluding ortho intramolecular Hbond substituents is 1. The minimum absolute atomic E-state index is 0.0977. The van der Waals surface area contributed by atoms with E-state index in [1.807, 2.05) is 0 Å². The number of benzene rings is 1. The SMILES string of the molecule is O=C1CC(CO)CN1c1cc(Br)cc(F)c1O. The minimum atomic E-state index is -0.783. The van der Waals surface area contributed by atoms with Crippen molar-refractivity contribution in [3.8, 4) is 5.75 Å². The van der Waals surface area contributed by atoms with Crippen LogP contribution in [0.3, 0.4) is 0 Å². The summed E-state index contributed by atoms with van der Waals surface area (Å²) >= 11 is 3.11. The molecule has 2 rings (SSSR count). The van der Waals surface area contributed by atoms with Crippen molar-refractivity contribution in [3.63, 3.8) is 0 Å². The van der Waals surface area contributed by atoms with Gasteiger partial charge in [0.25, 0.3) is 0 Å². The number of amides is 1. The van der Waals surface area contributed by atoms with Gasteiger partial charge >= 0.3 is 0 Å². The van der Waals surface area contributed by atoms with Gasteiger partial charge in [-0.3, -0.25) is 4.79 Å². The van der Waals surface area contributed by atoms with Crippen molar-refractivity contribution < 1.29 is 19.4 Å². The van der Waals surface area contributed by atoms with Gasteiger partial charge in [0.05, 0.1) is 5.69 Å². The first kappa shape index (κ1) is 12.3. The monoisotopic (exact) mass is 303 g/mol. The molecule has 0 bridgehead atoms. The fraction of sp³-hybridized carbons (Fsp3) is 0.364. The molecule has 1 heterocycles. The van der Waals surface area contributed by atoms with Crippen molar-refractivity contribution in [1.29, 1.82) is 0 Å². The molecule has 0 aromatic heterocycles. The number of halogens is 2. The summed E-state index contributed by atoms with van der Waals surface area (Å²) in [4.78, 5) is 13.0. The van der Waals surface area contributed by atoms with Crippen LogP contribution in [0, 0.1) is 11.7 Å². The third kappa shape index (κ3) is 2.28. The Labute approximate surface area is 106 Å². The lowest BCUT2D eigenvalue weighted by molar-refractivity contribution is -0.117. The number of nitrogens with zero attached hydrogens (tertiary/aromatic N) is 1. The lowest BCUT2D eigenvalue weighted by Crippen LogP contribution is -2.25. The van der Waals surface area contributed by atoms with Crippen LogP contribution in [0.5, 0.6) is 5.75 Å². The second kappa shape index (κ2) is 4.62. The number of aliphatic hydroxyl groups is 1. The minimum Gasteiger partial charge on any atom is -0.503 e. The van der Waals surface area contributed by atoms with E-state index in [0.29, 0.717) is 11.0 Å². The van der Waals surface area contributed by atoms with Crippen LogP contribution in [0.15, 0.2) is 16.6 Å². The molecule has 1 aliphatic heterocycles. The predicted octanol–water partition coefficient (Wildman–Crippen LogP) is 1.64. The van der Waals surface area contributed by atoms with Crippen molar-refractivity contribution in [3.05, 3.63) is 22.4 Å². The molecule has 0 radical (unpaired) electrons. The van der Waals surface area contributed by atoms with Crippen LogP contribution in [0.1, 0.15) is 6.42 Å². The van der Waals surface area contributed by atoms with Crippen LogP contribution in [-0.2, 0) is 4.79 Å². The highest BCUT2D eigenvalue weighted by atomic mass is 79.9. The molecule has 1 saturated heterocycles. The van der Waals surface area contributed by atoms with Gasteiger partial charge in [-0.2, -0.15) is 0 Å². The Morgan fingerprint density at radius 1 is 1.53 bits per heavy atom. The summed E-state index contributed by atoms with van der Waals surface area (Å²) in [6.45, 7) is 0.193. The molecule has 2 N–H and O–H groups in total. The number of carbonyl (C=O) groups is 1. The zero-order chi connectivity index (χ0) is 12.6. The number of carbonyl (C=O) groups excluding carboxylic acids is 1. The van der Waals surface area contributed by atoms with Crippen molar-refractivity contribution >= 4 is 27.5 Å². The van der Waals surface area contributed by atoms with Gasteiger partial charge in [0.2, 0.25) is 5.91 Å². The van der Waals surface area contributed by atoms with E-state index < -0.39 is 11.6 Å². The molecule has 1 unspecified atom stereocenters. The third-order valence-electron chi connectivity index (χ3n) is 2.76. The summed E-state index contributed by atoms with van der Waals surface area (Å²) < 4.78 is 13.8. The summed E-state index contributed by atoms with van der Waals surface area (Å²) in [7, 11) is 0. The highest BCUT2D eigenvalue weighted by Crippen LogP contribution is 2.36. The average Bonchev–Trinajstić information content (AvgIpc) is 2.65. The summed E-state index contributed by atoms with van der Waals surface area (Å²) in [5.41, 5.74) is 0.137. The maximum Gasteiger partial charge on any atom is 0.227 e. The van der Waals surface area contributed by atoms with Crippen LogP contribution < -0.4 is 4.90 Å². The molecule has 0 saturated carbocycles. The van der Waals surface area contributed by atoms with Gasteiger partial charge in [-0.15, -0.1) is 0 Å². The number of rotatable bonds is 2. The first-order chi connectivity index (χ1) is 8.02. The summed E-state index contributed by atoms with van der Waals surface area (Å²) in [5.74, 6) is -1.71. The van der Waals surface area contributed by atoms with Crippen LogP contribution in [-0.4, -0.2) is 29.3 Å². The highest BCUT2D eigenvalue weighted by Gasteiger charge is 2.32. The quantitative estimate of drug-likeness (QED) is 0.873. The molecule has 4 nitrogen and oxygen atoms in total. The van der Waals surface area contributed by atoms with Crippen molar-refractivity contribution in [2.24, 2.45) is 5.92 Å². The van der Waals surface area contributed by atoms with E-state index in [1.165, 1.54) is 11.0 Å². The van der Waals surface area contributed by atoms with Crippen molar-refractivity contribution in [2.75, 3.05) is 18.1 Å². The van der Waals surface area contributed by atoms with Crippen molar-refractivity contribution in [1.82, 2.24) is 0 Å². The first-order valence-electron chi connectivity index (χ1n) is 5.12. The second-order valence-electron chi connectivity index (χ2n) is 4.01. The number of aliphatic hydroxyl groups excluding tert-OH is 1. The topological polar surface area (TPSA) is 60.8 Å². The Morgan fingerprint density at radius 2 is 2.24 bits per heavy atom. The molecule has 17 heavy (non-hydrogen) atoms. The Bertz CT molecular complexity index is 466. The van der Waals surface area contributed by atoms with E-state index in [0.717, 1.165) is 6.07 Å². The molecule has 0 aliphatic carbocycles. The van der Waals surface area contributed by atoms with Gasteiger partial charge in [0.1, 0.15) is 0 Å². The van der Waals surface area contributed by atoms with Gasteiger partial charge in [0.15, 0.2) is 11.6 Å². The standard InChI is InChI=1S/C11H11BrFNO3/c12-7-2-8(13)11(17)9(3-7)14-4-6(5-15)1-10(14)16/h2-3,6,15,17H,1,4-5H2. The fourth-order valence-electron chi connectivity index (χ4n) is 1.89. The zero-order valence-corrected chi connectivity index (χ0v) is 10.4. The lowest BCUT2D eigenvalue weighted by Gasteiger charge is -2.18. The molecule has 1 fully saturated rings. The molecule has 1 amide bonds. The Hall–Kier alpha value is -1.14. The van der Waals surface area contributed by atoms with Gasteiger partial charge in [-0.05, 0) is 12.1 Å².